The molecule has 3 nitrogen and oxygen atoms in total. The van der Waals surface area contributed by atoms with Gasteiger partial charge in [-0.25, -0.2) is 0 Å². The maximum absolute atomic E-state index is 12.9. The van der Waals surface area contributed by atoms with Gasteiger partial charge >= 0.3 is 12.4 Å². The van der Waals surface area contributed by atoms with Crippen LogP contribution in [-0.2, 0) is 12.4 Å². The summed E-state index contributed by atoms with van der Waals surface area (Å²) in [5.74, 6) is -0.603. The Morgan fingerprint density at radius 3 is 1.52 bits per heavy atom. The first-order valence-corrected chi connectivity index (χ1v) is 6.10. The van der Waals surface area contributed by atoms with Crippen LogP contribution < -0.4 is 16.2 Å². The lowest BCUT2D eigenvalue weighted by molar-refractivity contribution is -0.141. The quantitative estimate of drug-likeness (QED) is 0.618. The highest BCUT2D eigenvalue weighted by Gasteiger charge is 2.41. The van der Waals surface area contributed by atoms with E-state index in [1.165, 1.54) is 24.3 Å². The smallest absolute Gasteiger partial charge is 0.418 e. The van der Waals surface area contributed by atoms with Crippen LogP contribution in [0.15, 0.2) is 36.4 Å². The second-order valence-electron chi connectivity index (χ2n) is 4.60. The Balaban J connectivity index is 2.53. The molecular formula is C14H10F6N2O. The highest BCUT2D eigenvalue weighted by atomic mass is 19.4. The second kappa shape index (κ2) is 5.56. The highest BCUT2D eigenvalue weighted by Crippen LogP contribution is 2.44. The van der Waals surface area contributed by atoms with Gasteiger partial charge in [-0.1, -0.05) is 0 Å². The molecule has 0 aliphatic carbocycles. The molecule has 0 aliphatic heterocycles. The molecule has 2 rings (SSSR count). The summed E-state index contributed by atoms with van der Waals surface area (Å²) < 4.78 is 82.3. The number of nitrogens with two attached hydrogens (primary N) is 2. The summed E-state index contributed by atoms with van der Waals surface area (Å²) in [6, 6.07) is 6.24. The monoisotopic (exact) mass is 336 g/mol. The number of rotatable bonds is 2. The maximum Gasteiger partial charge on any atom is 0.418 e. The first-order chi connectivity index (χ1) is 10.5. The molecule has 0 bridgehead atoms. The molecule has 0 amide bonds. The van der Waals surface area contributed by atoms with Crippen LogP contribution in [0.5, 0.6) is 11.5 Å². The molecule has 0 atom stereocenters. The minimum atomic E-state index is -5.05. The number of benzene rings is 2. The lowest BCUT2D eigenvalue weighted by atomic mass is 10.1. The normalized spacial score (nSPS) is 12.3. The van der Waals surface area contributed by atoms with Gasteiger partial charge in [0.15, 0.2) is 0 Å². The molecular weight excluding hydrogens is 326 g/mol. The molecule has 0 aromatic heterocycles. The van der Waals surface area contributed by atoms with Crippen LogP contribution in [-0.4, -0.2) is 0 Å². The number of anilines is 2. The summed E-state index contributed by atoms with van der Waals surface area (Å²) >= 11 is 0. The van der Waals surface area contributed by atoms with E-state index in [0.29, 0.717) is 17.8 Å². The second-order valence-corrected chi connectivity index (χ2v) is 4.60. The standard InChI is InChI=1S/C14H10F6N2O/c15-13(16,17)10-5-9(6-11(12(10)22)14(18,19)20)23-8-3-1-7(21)2-4-8/h1-6H,21-22H2. The fourth-order valence-electron chi connectivity index (χ4n) is 1.83. The summed E-state index contributed by atoms with van der Waals surface area (Å²) in [4.78, 5) is 0. The first-order valence-electron chi connectivity index (χ1n) is 6.10. The van der Waals surface area contributed by atoms with Gasteiger partial charge in [0.25, 0.3) is 0 Å². The molecule has 0 unspecified atom stereocenters. The molecule has 0 saturated heterocycles. The Morgan fingerprint density at radius 2 is 1.13 bits per heavy atom. The molecule has 23 heavy (non-hydrogen) atoms. The van der Waals surface area contributed by atoms with E-state index in [1.807, 2.05) is 0 Å². The molecule has 0 heterocycles. The van der Waals surface area contributed by atoms with Crippen molar-refractivity contribution in [3.05, 3.63) is 47.5 Å². The van der Waals surface area contributed by atoms with Gasteiger partial charge in [-0.2, -0.15) is 26.3 Å². The van der Waals surface area contributed by atoms with Crippen molar-refractivity contribution in [1.82, 2.24) is 0 Å². The molecule has 0 fully saturated rings. The molecule has 9 heteroatoms. The van der Waals surface area contributed by atoms with Gasteiger partial charge < -0.3 is 16.2 Å². The van der Waals surface area contributed by atoms with Gasteiger partial charge in [0, 0.05) is 5.69 Å². The van der Waals surface area contributed by atoms with E-state index in [1.54, 1.807) is 0 Å². The van der Waals surface area contributed by atoms with Gasteiger partial charge in [-0.05, 0) is 36.4 Å². The summed E-state index contributed by atoms with van der Waals surface area (Å²) in [6.07, 6.45) is -10.1. The van der Waals surface area contributed by atoms with Crippen molar-refractivity contribution in [2.24, 2.45) is 0 Å². The zero-order valence-corrected chi connectivity index (χ0v) is 11.3. The van der Waals surface area contributed by atoms with Crippen molar-refractivity contribution >= 4 is 11.4 Å². The number of ether oxygens (including phenoxy) is 1. The predicted octanol–water partition coefficient (Wildman–Crippen LogP) is 4.68. The fraction of sp³-hybridized carbons (Fsp3) is 0.143. The van der Waals surface area contributed by atoms with Crippen LogP contribution in [0.3, 0.4) is 0 Å². The average molecular weight is 336 g/mol. The lowest BCUT2D eigenvalue weighted by Crippen LogP contribution is -2.16. The van der Waals surface area contributed by atoms with Crippen molar-refractivity contribution in [3.63, 3.8) is 0 Å². The number of nitrogen functional groups attached to an aromatic ring is 2. The van der Waals surface area contributed by atoms with Gasteiger partial charge in [0.05, 0.1) is 16.8 Å². The third-order valence-electron chi connectivity index (χ3n) is 2.88. The van der Waals surface area contributed by atoms with Crippen molar-refractivity contribution in [2.45, 2.75) is 12.4 Å². The Morgan fingerprint density at radius 1 is 0.696 bits per heavy atom. The van der Waals surface area contributed by atoms with Crippen LogP contribution in [0, 0.1) is 0 Å². The molecule has 0 aliphatic rings. The van der Waals surface area contributed by atoms with E-state index in [2.05, 4.69) is 0 Å². The molecule has 2 aromatic carbocycles. The summed E-state index contributed by atoms with van der Waals surface area (Å²) in [7, 11) is 0. The lowest BCUT2D eigenvalue weighted by Gasteiger charge is -2.18. The van der Waals surface area contributed by atoms with Gasteiger partial charge in [-0.15, -0.1) is 0 Å². The Hall–Kier alpha value is -2.58. The van der Waals surface area contributed by atoms with E-state index in [-0.39, 0.29) is 5.75 Å². The zero-order valence-electron chi connectivity index (χ0n) is 11.3. The molecule has 124 valence electrons. The van der Waals surface area contributed by atoms with E-state index < -0.39 is 34.9 Å². The van der Waals surface area contributed by atoms with Crippen molar-refractivity contribution in [1.29, 1.82) is 0 Å². The van der Waals surface area contributed by atoms with E-state index in [0.717, 1.165) is 0 Å². The SMILES string of the molecule is Nc1ccc(Oc2cc(C(F)(F)F)c(N)c(C(F)(F)F)c2)cc1. The molecule has 0 spiro atoms. The predicted molar refractivity (Wildman–Crippen MR) is 71.8 cm³/mol. The summed E-state index contributed by atoms with van der Waals surface area (Å²) in [6.45, 7) is 0. The highest BCUT2D eigenvalue weighted by molar-refractivity contribution is 5.60. The summed E-state index contributed by atoms with van der Waals surface area (Å²) in [5.41, 5.74) is 6.20. The van der Waals surface area contributed by atoms with Gasteiger partial charge in [0.1, 0.15) is 11.5 Å². The zero-order chi connectivity index (χ0) is 17.4. The average Bonchev–Trinajstić information content (AvgIpc) is 2.40. The van der Waals surface area contributed by atoms with Crippen molar-refractivity contribution < 1.29 is 31.1 Å². The number of alkyl halides is 6. The van der Waals surface area contributed by atoms with Crippen molar-refractivity contribution in [2.75, 3.05) is 11.5 Å². The molecule has 4 N–H and O–H groups in total. The van der Waals surface area contributed by atoms with Crippen LogP contribution in [0.2, 0.25) is 0 Å². The molecule has 0 saturated carbocycles. The maximum atomic E-state index is 12.9. The number of hydrogen-bond donors (Lipinski definition) is 2. The third-order valence-corrected chi connectivity index (χ3v) is 2.88. The minimum Gasteiger partial charge on any atom is -0.457 e. The fourth-order valence-corrected chi connectivity index (χ4v) is 1.83. The Kier molecular flexibility index (Phi) is 4.06. The molecule has 0 radical (unpaired) electrons. The van der Waals surface area contributed by atoms with Crippen LogP contribution in [0.1, 0.15) is 11.1 Å². The first kappa shape index (κ1) is 16.8. The van der Waals surface area contributed by atoms with Crippen molar-refractivity contribution in [3.8, 4) is 11.5 Å². The van der Waals surface area contributed by atoms with Gasteiger partial charge in [0.2, 0.25) is 0 Å². The van der Waals surface area contributed by atoms with Crippen LogP contribution in [0.25, 0.3) is 0 Å². The largest absolute Gasteiger partial charge is 0.457 e. The Bertz CT molecular complexity index is 672. The minimum absolute atomic E-state index is 0.0326. The van der Waals surface area contributed by atoms with Crippen LogP contribution in [0.4, 0.5) is 37.7 Å². The number of halogens is 6. The van der Waals surface area contributed by atoms with E-state index in [9.17, 15) is 26.3 Å². The topological polar surface area (TPSA) is 61.3 Å². The van der Waals surface area contributed by atoms with Gasteiger partial charge in [-0.3, -0.25) is 0 Å². The third kappa shape index (κ3) is 3.79. The Labute approximate surface area is 126 Å². The number of hydrogen-bond acceptors (Lipinski definition) is 3. The van der Waals surface area contributed by atoms with E-state index in [4.69, 9.17) is 16.2 Å². The van der Waals surface area contributed by atoms with Crippen LogP contribution >= 0.6 is 0 Å². The summed E-state index contributed by atoms with van der Waals surface area (Å²) in [5, 5.41) is 0. The van der Waals surface area contributed by atoms with E-state index >= 15 is 0 Å². The molecule has 2 aromatic rings.